The van der Waals surface area contributed by atoms with Crippen molar-refractivity contribution in [3.63, 3.8) is 0 Å². The number of nitrogens with zero attached hydrogens (tertiary/aromatic N) is 1. The average Bonchev–Trinajstić information content (AvgIpc) is 2.83. The molecule has 0 atom stereocenters. The van der Waals surface area contributed by atoms with Crippen molar-refractivity contribution in [1.82, 2.24) is 5.32 Å². The van der Waals surface area contributed by atoms with Gasteiger partial charge >= 0.3 is 16.1 Å². The van der Waals surface area contributed by atoms with Gasteiger partial charge in [0.25, 0.3) is 11.8 Å². The highest BCUT2D eigenvalue weighted by molar-refractivity contribution is 9.10. The van der Waals surface area contributed by atoms with Crippen LogP contribution in [0.3, 0.4) is 0 Å². The number of urea groups is 1. The average molecular weight is 585 g/mol. The monoisotopic (exact) mass is 584 g/mol. The minimum atomic E-state index is -4.26. The SMILES string of the molecule is COc1ccc(/C=C2/C(=O)NC(=O)N(c3ccc(Br)cc3C)C2=O)c(OS(=O)(=O)c2ccc(C)cc2)c1. The van der Waals surface area contributed by atoms with Crippen molar-refractivity contribution < 1.29 is 31.7 Å². The lowest BCUT2D eigenvalue weighted by Gasteiger charge is -2.27. The van der Waals surface area contributed by atoms with E-state index in [4.69, 9.17) is 8.92 Å². The van der Waals surface area contributed by atoms with Gasteiger partial charge in [0.05, 0.1) is 12.8 Å². The van der Waals surface area contributed by atoms with Gasteiger partial charge in [-0.25, -0.2) is 9.69 Å². The molecule has 1 N–H and O–H groups in total. The predicted molar refractivity (Wildman–Crippen MR) is 140 cm³/mol. The van der Waals surface area contributed by atoms with Crippen LogP contribution in [0.1, 0.15) is 16.7 Å². The summed E-state index contributed by atoms with van der Waals surface area (Å²) in [4.78, 5) is 39.4. The van der Waals surface area contributed by atoms with Crippen molar-refractivity contribution in [2.24, 2.45) is 0 Å². The first-order valence-electron chi connectivity index (χ1n) is 10.9. The quantitative estimate of drug-likeness (QED) is 0.257. The second-order valence-electron chi connectivity index (χ2n) is 8.14. The molecule has 1 fully saturated rings. The van der Waals surface area contributed by atoms with Crippen LogP contribution in [0.2, 0.25) is 0 Å². The van der Waals surface area contributed by atoms with Crippen LogP contribution in [-0.4, -0.2) is 33.4 Å². The van der Waals surface area contributed by atoms with Crippen LogP contribution in [0.25, 0.3) is 6.08 Å². The Labute approximate surface area is 221 Å². The van der Waals surface area contributed by atoms with Gasteiger partial charge in [-0.2, -0.15) is 8.42 Å². The number of amides is 4. The fourth-order valence-electron chi connectivity index (χ4n) is 3.61. The smallest absolute Gasteiger partial charge is 0.339 e. The number of hydrogen-bond donors (Lipinski definition) is 1. The number of ether oxygens (including phenoxy) is 1. The van der Waals surface area contributed by atoms with E-state index in [1.54, 1.807) is 37.3 Å². The largest absolute Gasteiger partial charge is 0.497 e. The van der Waals surface area contributed by atoms with E-state index in [-0.39, 0.29) is 33.2 Å². The number of nitrogens with one attached hydrogen (secondary N) is 1. The zero-order valence-electron chi connectivity index (χ0n) is 19.9. The summed E-state index contributed by atoms with van der Waals surface area (Å²) in [6.07, 6.45) is 1.17. The molecule has 0 saturated carbocycles. The lowest BCUT2D eigenvalue weighted by molar-refractivity contribution is -0.122. The van der Waals surface area contributed by atoms with E-state index >= 15 is 0 Å². The van der Waals surface area contributed by atoms with Crippen LogP contribution >= 0.6 is 15.9 Å². The number of benzene rings is 3. The minimum absolute atomic E-state index is 0.0755. The maximum Gasteiger partial charge on any atom is 0.339 e. The van der Waals surface area contributed by atoms with Gasteiger partial charge in [0.1, 0.15) is 16.2 Å². The van der Waals surface area contributed by atoms with E-state index in [9.17, 15) is 22.8 Å². The first-order valence-corrected chi connectivity index (χ1v) is 13.1. The molecule has 4 rings (SSSR count). The van der Waals surface area contributed by atoms with Gasteiger partial charge in [-0.05, 0) is 68.0 Å². The summed E-state index contributed by atoms with van der Waals surface area (Å²) < 4.78 is 37.2. The molecule has 1 aliphatic heterocycles. The molecule has 0 unspecified atom stereocenters. The molecule has 3 aromatic carbocycles. The van der Waals surface area contributed by atoms with Gasteiger partial charge in [-0.15, -0.1) is 0 Å². The molecule has 11 heteroatoms. The van der Waals surface area contributed by atoms with Crippen molar-refractivity contribution >= 4 is 55.7 Å². The third kappa shape index (κ3) is 5.42. The highest BCUT2D eigenvalue weighted by Gasteiger charge is 2.37. The van der Waals surface area contributed by atoms with E-state index in [1.165, 1.54) is 43.5 Å². The molecule has 3 aromatic rings. The number of halogens is 1. The number of anilines is 1. The van der Waals surface area contributed by atoms with Gasteiger partial charge in [0, 0.05) is 16.1 Å². The summed E-state index contributed by atoms with van der Waals surface area (Å²) >= 11 is 3.34. The van der Waals surface area contributed by atoms with Crippen molar-refractivity contribution in [3.05, 3.63) is 87.4 Å². The van der Waals surface area contributed by atoms with Crippen LogP contribution in [0, 0.1) is 13.8 Å². The molecule has 190 valence electrons. The Morgan fingerprint density at radius 3 is 2.30 bits per heavy atom. The van der Waals surface area contributed by atoms with E-state index in [2.05, 4.69) is 21.2 Å². The van der Waals surface area contributed by atoms with Crippen LogP contribution in [-0.2, 0) is 19.7 Å². The zero-order chi connectivity index (χ0) is 26.9. The highest BCUT2D eigenvalue weighted by Crippen LogP contribution is 2.32. The molecule has 1 heterocycles. The van der Waals surface area contributed by atoms with Crippen LogP contribution in [0.4, 0.5) is 10.5 Å². The lowest BCUT2D eigenvalue weighted by atomic mass is 10.0. The fraction of sp³-hybridized carbons (Fsp3) is 0.115. The first kappa shape index (κ1) is 26.1. The summed E-state index contributed by atoms with van der Waals surface area (Å²) in [6, 6.07) is 14.4. The number of methoxy groups -OCH3 is 1. The Balaban J connectivity index is 1.77. The molecular formula is C26H21BrN2O7S. The summed E-state index contributed by atoms with van der Waals surface area (Å²) in [5.41, 5.74) is 1.50. The van der Waals surface area contributed by atoms with Crippen molar-refractivity contribution in [2.45, 2.75) is 18.7 Å². The Hall–Kier alpha value is -3.96. The van der Waals surface area contributed by atoms with Gasteiger partial charge in [0.2, 0.25) is 0 Å². The standard InChI is InChI=1S/C26H21BrN2O7S/c1-15-4-9-20(10-5-15)37(33,34)36-23-14-19(35-3)8-6-17(23)13-21-24(30)28-26(32)29(25(21)31)22-11-7-18(27)12-16(22)2/h4-14H,1-3H3,(H,28,30,32)/b21-13-. The van der Waals surface area contributed by atoms with Crippen molar-refractivity contribution in [2.75, 3.05) is 12.0 Å². The number of rotatable bonds is 6. The Bertz CT molecular complexity index is 1560. The number of carbonyl (C=O) groups excluding carboxylic acids is 3. The second-order valence-corrected chi connectivity index (χ2v) is 10.6. The second kappa shape index (κ2) is 10.2. The predicted octanol–water partition coefficient (Wildman–Crippen LogP) is 4.51. The maximum absolute atomic E-state index is 13.3. The van der Waals surface area contributed by atoms with Gasteiger partial charge in [0.15, 0.2) is 5.75 Å². The molecule has 1 aliphatic rings. The molecule has 37 heavy (non-hydrogen) atoms. The summed E-state index contributed by atoms with van der Waals surface area (Å²) in [5.74, 6) is -1.68. The topological polar surface area (TPSA) is 119 Å². The number of hydrogen-bond acceptors (Lipinski definition) is 7. The first-order chi connectivity index (χ1) is 17.5. The molecule has 0 bridgehead atoms. The van der Waals surface area contributed by atoms with Crippen LogP contribution in [0.5, 0.6) is 11.5 Å². The van der Waals surface area contributed by atoms with Gasteiger partial charge < -0.3 is 8.92 Å². The molecule has 0 aliphatic carbocycles. The number of imide groups is 2. The molecule has 0 aromatic heterocycles. The van der Waals surface area contributed by atoms with Crippen molar-refractivity contribution in [1.29, 1.82) is 0 Å². The molecule has 1 saturated heterocycles. The van der Waals surface area contributed by atoms with E-state index in [0.717, 1.165) is 14.9 Å². The van der Waals surface area contributed by atoms with Crippen molar-refractivity contribution in [3.8, 4) is 11.5 Å². The van der Waals surface area contributed by atoms with E-state index < -0.39 is 28.0 Å². The Morgan fingerprint density at radius 2 is 1.65 bits per heavy atom. The Morgan fingerprint density at radius 1 is 0.946 bits per heavy atom. The van der Waals surface area contributed by atoms with Gasteiger partial charge in [-0.3, -0.25) is 14.9 Å². The fourth-order valence-corrected chi connectivity index (χ4v) is 5.03. The normalized spacial score (nSPS) is 15.1. The number of barbiturate groups is 1. The summed E-state index contributed by atoms with van der Waals surface area (Å²) in [7, 11) is -2.86. The van der Waals surface area contributed by atoms with Gasteiger partial charge in [-0.1, -0.05) is 33.6 Å². The zero-order valence-corrected chi connectivity index (χ0v) is 22.3. The van der Waals surface area contributed by atoms with Crippen LogP contribution < -0.4 is 19.1 Å². The third-order valence-electron chi connectivity index (χ3n) is 5.53. The maximum atomic E-state index is 13.3. The lowest BCUT2D eigenvalue weighted by Crippen LogP contribution is -2.54. The van der Waals surface area contributed by atoms with E-state index in [1.807, 2.05) is 6.92 Å². The molecule has 4 amide bonds. The number of aryl methyl sites for hydroxylation is 2. The molecule has 0 radical (unpaired) electrons. The van der Waals surface area contributed by atoms with Crippen LogP contribution in [0.15, 0.2) is 75.6 Å². The molecule has 0 spiro atoms. The summed E-state index contributed by atoms with van der Waals surface area (Å²) in [6.45, 7) is 3.53. The third-order valence-corrected chi connectivity index (χ3v) is 7.27. The molecular weight excluding hydrogens is 564 g/mol. The molecule has 9 nitrogen and oxygen atoms in total. The minimum Gasteiger partial charge on any atom is -0.497 e. The van der Waals surface area contributed by atoms with E-state index in [0.29, 0.717) is 5.56 Å². The highest BCUT2D eigenvalue weighted by atomic mass is 79.9. The Kier molecular flexibility index (Phi) is 7.19. The number of carbonyl (C=O) groups is 3. The summed E-state index contributed by atoms with van der Waals surface area (Å²) in [5, 5.41) is 2.16.